The third kappa shape index (κ3) is 1.68. The summed E-state index contributed by atoms with van der Waals surface area (Å²) in [4.78, 5) is 0. The molecule has 0 bridgehead atoms. The molecule has 0 saturated carbocycles. The van der Waals surface area contributed by atoms with Gasteiger partial charge in [0.05, 0.1) is 0 Å². The topological polar surface area (TPSA) is 20.2 Å². The molecule has 0 radical (unpaired) electrons. The van der Waals surface area contributed by atoms with E-state index in [1.165, 1.54) is 22.2 Å². The molecule has 104 valence electrons. The number of aliphatic hydroxyl groups is 1. The minimum Gasteiger partial charge on any atom is -0.368 e. The molecule has 4 rings (SSSR count). The molecule has 1 nitrogen and oxygen atoms in total. The van der Waals surface area contributed by atoms with Crippen LogP contribution in [0.15, 0.2) is 78.9 Å². The summed E-state index contributed by atoms with van der Waals surface area (Å²) in [6.07, 6.45) is 8.80. The number of hydrogen-bond acceptors (Lipinski definition) is 0. The zero-order valence-electron chi connectivity index (χ0n) is 11.6. The summed E-state index contributed by atoms with van der Waals surface area (Å²) >= 11 is 0. The molecular formula is C19H17OP. The van der Waals surface area contributed by atoms with Crippen LogP contribution in [0.25, 0.3) is 0 Å². The molecule has 0 saturated heterocycles. The lowest BCUT2D eigenvalue weighted by Gasteiger charge is -2.29. The van der Waals surface area contributed by atoms with Gasteiger partial charge in [0, 0.05) is 17.6 Å². The molecule has 1 aliphatic heterocycles. The van der Waals surface area contributed by atoms with Crippen LogP contribution in [-0.4, -0.2) is 16.7 Å². The van der Waals surface area contributed by atoms with Gasteiger partial charge in [0.2, 0.25) is 0 Å². The Bertz CT molecular complexity index is 786. The van der Waals surface area contributed by atoms with E-state index in [0.717, 1.165) is 0 Å². The molecule has 2 aromatic rings. The molecule has 3 atom stereocenters. The van der Waals surface area contributed by atoms with E-state index in [1.54, 1.807) is 0 Å². The van der Waals surface area contributed by atoms with Crippen molar-refractivity contribution in [3.8, 4) is 0 Å². The van der Waals surface area contributed by atoms with Gasteiger partial charge in [-0.25, -0.2) is 0 Å². The van der Waals surface area contributed by atoms with E-state index in [4.69, 9.17) is 0 Å². The normalized spacial score (nSPS) is 29.0. The van der Waals surface area contributed by atoms with Gasteiger partial charge in [-0.1, -0.05) is 78.9 Å². The Hall–Kier alpha value is -1.82. The van der Waals surface area contributed by atoms with Gasteiger partial charge in [0.25, 0.3) is 0 Å². The minimum absolute atomic E-state index is 0.340. The average Bonchev–Trinajstić information content (AvgIpc) is 2.87. The summed E-state index contributed by atoms with van der Waals surface area (Å²) in [6, 6.07) is 19.1. The third-order valence-corrected chi connectivity index (χ3v) is 8.79. The molecule has 21 heavy (non-hydrogen) atoms. The Labute approximate surface area is 125 Å². The third-order valence-electron chi connectivity index (χ3n) is 4.64. The molecule has 1 heterocycles. The van der Waals surface area contributed by atoms with Gasteiger partial charge in [-0.3, -0.25) is 0 Å². The van der Waals surface area contributed by atoms with Crippen molar-refractivity contribution in [1.29, 1.82) is 0 Å². The van der Waals surface area contributed by atoms with Crippen molar-refractivity contribution < 1.29 is 5.11 Å². The van der Waals surface area contributed by atoms with E-state index >= 15 is 0 Å². The predicted octanol–water partition coefficient (Wildman–Crippen LogP) is 3.38. The first-order chi connectivity index (χ1) is 10.4. The van der Waals surface area contributed by atoms with Gasteiger partial charge in [-0.05, 0) is 23.1 Å². The highest BCUT2D eigenvalue weighted by molar-refractivity contribution is 7.89. The lowest BCUT2D eigenvalue weighted by Crippen LogP contribution is -2.22. The Balaban J connectivity index is 2.07. The van der Waals surface area contributed by atoms with Crippen molar-refractivity contribution >= 4 is 23.5 Å². The van der Waals surface area contributed by atoms with E-state index in [2.05, 4.69) is 72.8 Å². The number of allylic oxidation sites excluding steroid dienone is 4. The van der Waals surface area contributed by atoms with E-state index in [9.17, 15) is 5.11 Å². The first-order valence-electron chi connectivity index (χ1n) is 7.25. The quantitative estimate of drug-likeness (QED) is 0.799. The number of aliphatic hydroxyl groups excluding tert-OH is 1. The number of fused-ring (bicyclic) bond motifs is 3. The molecule has 0 amide bonds. The van der Waals surface area contributed by atoms with E-state index < -0.39 is 6.89 Å². The first-order valence-corrected chi connectivity index (χ1v) is 9.18. The number of rotatable bonds is 1. The van der Waals surface area contributed by atoms with Crippen LogP contribution in [0.3, 0.4) is 0 Å². The largest absolute Gasteiger partial charge is 0.368 e. The fourth-order valence-electron chi connectivity index (χ4n) is 3.73. The molecule has 2 aromatic carbocycles. The SMILES string of the molecule is OC=P1(c2ccccc2)c2ccccc2C2C=CC=CC21. The van der Waals surface area contributed by atoms with Crippen LogP contribution in [0.5, 0.6) is 0 Å². The van der Waals surface area contributed by atoms with Crippen molar-refractivity contribution in [1.82, 2.24) is 0 Å². The van der Waals surface area contributed by atoms with Crippen LogP contribution < -0.4 is 10.6 Å². The van der Waals surface area contributed by atoms with Crippen LogP contribution in [-0.2, 0) is 0 Å². The fourth-order valence-corrected chi connectivity index (χ4v) is 7.87. The Kier molecular flexibility index (Phi) is 2.99. The van der Waals surface area contributed by atoms with Crippen molar-refractivity contribution in [3.63, 3.8) is 0 Å². The molecule has 1 aliphatic carbocycles. The molecular weight excluding hydrogens is 275 g/mol. The minimum atomic E-state index is -1.91. The molecule has 0 aromatic heterocycles. The van der Waals surface area contributed by atoms with E-state index in [0.29, 0.717) is 11.6 Å². The Morgan fingerprint density at radius 2 is 1.57 bits per heavy atom. The maximum absolute atomic E-state index is 10.3. The van der Waals surface area contributed by atoms with E-state index in [-0.39, 0.29) is 0 Å². The van der Waals surface area contributed by atoms with E-state index in [1.807, 2.05) is 6.07 Å². The van der Waals surface area contributed by atoms with Gasteiger partial charge in [0.15, 0.2) is 0 Å². The molecule has 0 fully saturated rings. The summed E-state index contributed by atoms with van der Waals surface area (Å²) in [7, 11) is 0. The van der Waals surface area contributed by atoms with Crippen LogP contribution in [0.1, 0.15) is 11.5 Å². The lowest BCUT2D eigenvalue weighted by atomic mass is 9.93. The summed E-state index contributed by atoms with van der Waals surface area (Å²) in [5, 5.41) is 12.9. The molecule has 0 spiro atoms. The second-order valence-corrected chi connectivity index (χ2v) is 8.95. The van der Waals surface area contributed by atoms with Gasteiger partial charge >= 0.3 is 0 Å². The summed E-state index contributed by atoms with van der Waals surface area (Å²) in [6.45, 7) is -1.91. The van der Waals surface area contributed by atoms with Crippen molar-refractivity contribution in [2.24, 2.45) is 0 Å². The van der Waals surface area contributed by atoms with Crippen LogP contribution in [0, 0.1) is 0 Å². The van der Waals surface area contributed by atoms with Gasteiger partial charge < -0.3 is 5.11 Å². The number of benzene rings is 2. The number of hydrogen-bond donors (Lipinski definition) is 1. The Morgan fingerprint density at radius 1 is 0.857 bits per heavy atom. The second kappa shape index (κ2) is 4.87. The predicted molar refractivity (Wildman–Crippen MR) is 91.9 cm³/mol. The van der Waals surface area contributed by atoms with Gasteiger partial charge in [-0.15, -0.1) is 0 Å². The standard InChI is InChI=1S/C19H17OP/c20-14-21(15-8-2-1-3-9-15)18-12-6-4-10-16(18)17-11-5-7-13-19(17)21/h1-14,16,18,20H. The highest BCUT2D eigenvalue weighted by Crippen LogP contribution is 2.61. The van der Waals surface area contributed by atoms with Crippen molar-refractivity contribution in [2.45, 2.75) is 11.6 Å². The fraction of sp³-hybridized carbons (Fsp3) is 0.105. The van der Waals surface area contributed by atoms with Crippen LogP contribution in [0.4, 0.5) is 0 Å². The first kappa shape index (κ1) is 12.9. The Morgan fingerprint density at radius 3 is 2.38 bits per heavy atom. The summed E-state index contributed by atoms with van der Waals surface area (Å²) in [5.41, 5.74) is 1.71. The second-order valence-electron chi connectivity index (χ2n) is 5.57. The highest BCUT2D eigenvalue weighted by Gasteiger charge is 2.44. The smallest absolute Gasteiger partial charge is 0.0404 e. The molecule has 2 aliphatic rings. The summed E-state index contributed by atoms with van der Waals surface area (Å²) in [5.74, 6) is 1.89. The van der Waals surface area contributed by atoms with Crippen molar-refractivity contribution in [3.05, 3.63) is 84.5 Å². The lowest BCUT2D eigenvalue weighted by molar-refractivity contribution is 0.592. The molecule has 3 unspecified atom stereocenters. The molecule has 1 N–H and O–H groups in total. The average molecular weight is 292 g/mol. The van der Waals surface area contributed by atoms with Gasteiger partial charge in [-0.2, -0.15) is 0 Å². The monoisotopic (exact) mass is 292 g/mol. The zero-order valence-corrected chi connectivity index (χ0v) is 12.5. The molecule has 2 heteroatoms. The zero-order chi connectivity index (χ0) is 14.3. The van der Waals surface area contributed by atoms with Gasteiger partial charge in [0.1, 0.15) is 0 Å². The maximum atomic E-state index is 10.3. The maximum Gasteiger partial charge on any atom is 0.0404 e. The van der Waals surface area contributed by atoms with Crippen LogP contribution in [0.2, 0.25) is 0 Å². The highest BCUT2D eigenvalue weighted by atomic mass is 31.2. The van der Waals surface area contributed by atoms with Crippen LogP contribution >= 0.6 is 6.89 Å². The van der Waals surface area contributed by atoms with Crippen molar-refractivity contribution in [2.75, 3.05) is 0 Å². The summed E-state index contributed by atoms with van der Waals surface area (Å²) < 4.78 is 0.